The molecule has 0 aliphatic carbocycles. The van der Waals surface area contributed by atoms with Crippen molar-refractivity contribution < 1.29 is 14.2 Å². The maximum Gasteiger partial charge on any atom is 0.203 e. The predicted molar refractivity (Wildman–Crippen MR) is 84.8 cm³/mol. The van der Waals surface area contributed by atoms with E-state index in [0.29, 0.717) is 28.0 Å². The summed E-state index contributed by atoms with van der Waals surface area (Å²) in [4.78, 5) is 4.42. The Balaban J connectivity index is 2.33. The van der Waals surface area contributed by atoms with Gasteiger partial charge in [-0.25, -0.2) is 0 Å². The molecule has 21 heavy (non-hydrogen) atoms. The van der Waals surface area contributed by atoms with Crippen LogP contribution in [0.25, 0.3) is 0 Å². The molecule has 0 bridgehead atoms. The molecular formula is C16H16ClNO3. The minimum atomic E-state index is 0.547. The molecule has 0 aromatic heterocycles. The summed E-state index contributed by atoms with van der Waals surface area (Å²) >= 11 is 5.85. The summed E-state index contributed by atoms with van der Waals surface area (Å²) in [5, 5.41) is 0.694. The molecule has 0 heterocycles. The monoisotopic (exact) mass is 305 g/mol. The lowest BCUT2D eigenvalue weighted by atomic mass is 10.2. The topological polar surface area (TPSA) is 40.0 Å². The molecule has 0 unspecified atom stereocenters. The van der Waals surface area contributed by atoms with Gasteiger partial charge in [-0.05, 0) is 17.7 Å². The summed E-state index contributed by atoms with van der Waals surface area (Å²) in [6, 6.07) is 11.0. The highest BCUT2D eigenvalue weighted by Gasteiger charge is 2.12. The lowest BCUT2D eigenvalue weighted by Gasteiger charge is -2.12. The van der Waals surface area contributed by atoms with Crippen LogP contribution in [-0.2, 0) is 0 Å². The molecule has 0 saturated carbocycles. The fourth-order valence-electron chi connectivity index (χ4n) is 1.84. The van der Waals surface area contributed by atoms with Gasteiger partial charge in [-0.1, -0.05) is 23.7 Å². The van der Waals surface area contributed by atoms with Crippen LogP contribution in [0.4, 0.5) is 5.69 Å². The number of halogens is 1. The van der Waals surface area contributed by atoms with E-state index in [2.05, 4.69) is 4.99 Å². The molecule has 0 radical (unpaired) electrons. The lowest BCUT2D eigenvalue weighted by Crippen LogP contribution is -1.94. The Kier molecular flexibility index (Phi) is 5.06. The maximum atomic E-state index is 5.85. The van der Waals surface area contributed by atoms with Crippen LogP contribution in [0.2, 0.25) is 5.02 Å². The molecule has 0 aliphatic heterocycles. The van der Waals surface area contributed by atoms with Crippen molar-refractivity contribution in [1.82, 2.24) is 0 Å². The average Bonchev–Trinajstić information content (AvgIpc) is 2.53. The second-order valence-electron chi connectivity index (χ2n) is 4.19. The van der Waals surface area contributed by atoms with Crippen LogP contribution >= 0.6 is 11.6 Å². The van der Waals surface area contributed by atoms with Crippen LogP contribution in [-0.4, -0.2) is 27.5 Å². The first-order valence-corrected chi connectivity index (χ1v) is 6.65. The van der Waals surface area contributed by atoms with Gasteiger partial charge in [0, 0.05) is 23.4 Å². The van der Waals surface area contributed by atoms with Gasteiger partial charge in [-0.3, -0.25) is 4.99 Å². The van der Waals surface area contributed by atoms with Crippen molar-refractivity contribution >= 4 is 23.5 Å². The Hall–Kier alpha value is -2.20. The summed E-state index contributed by atoms with van der Waals surface area (Å²) in [7, 11) is 4.71. The van der Waals surface area contributed by atoms with Gasteiger partial charge in [-0.15, -0.1) is 0 Å². The van der Waals surface area contributed by atoms with Crippen LogP contribution < -0.4 is 14.2 Å². The van der Waals surface area contributed by atoms with Crippen molar-refractivity contribution in [1.29, 1.82) is 0 Å². The molecule has 2 aromatic carbocycles. The third-order valence-corrected chi connectivity index (χ3v) is 3.13. The van der Waals surface area contributed by atoms with E-state index < -0.39 is 0 Å². The number of ether oxygens (including phenoxy) is 3. The Labute approximate surface area is 128 Å². The molecule has 2 rings (SSSR count). The number of nitrogens with zero attached hydrogens (tertiary/aromatic N) is 1. The van der Waals surface area contributed by atoms with Gasteiger partial charge in [0.2, 0.25) is 5.75 Å². The van der Waals surface area contributed by atoms with Crippen LogP contribution in [0.1, 0.15) is 5.56 Å². The van der Waals surface area contributed by atoms with Crippen molar-refractivity contribution in [2.45, 2.75) is 0 Å². The number of methoxy groups -OCH3 is 3. The molecule has 0 spiro atoms. The minimum Gasteiger partial charge on any atom is -0.493 e. The fraction of sp³-hybridized carbons (Fsp3) is 0.188. The second kappa shape index (κ2) is 6.99. The smallest absolute Gasteiger partial charge is 0.203 e. The molecule has 0 amide bonds. The van der Waals surface area contributed by atoms with E-state index in [1.807, 2.05) is 24.3 Å². The van der Waals surface area contributed by atoms with Gasteiger partial charge in [0.05, 0.1) is 27.0 Å². The summed E-state index contributed by atoms with van der Waals surface area (Å²) in [6.07, 6.45) is 1.75. The van der Waals surface area contributed by atoms with E-state index in [1.54, 1.807) is 39.7 Å². The number of hydrogen-bond acceptors (Lipinski definition) is 4. The van der Waals surface area contributed by atoms with Crippen LogP contribution in [0.3, 0.4) is 0 Å². The minimum absolute atomic E-state index is 0.547. The van der Waals surface area contributed by atoms with Crippen LogP contribution in [0, 0.1) is 0 Å². The molecule has 2 aromatic rings. The second-order valence-corrected chi connectivity index (χ2v) is 4.63. The number of rotatable bonds is 5. The fourth-order valence-corrected chi connectivity index (χ4v) is 1.97. The van der Waals surface area contributed by atoms with Gasteiger partial charge in [0.1, 0.15) is 0 Å². The highest BCUT2D eigenvalue weighted by atomic mass is 35.5. The molecule has 0 N–H and O–H groups in total. The highest BCUT2D eigenvalue weighted by molar-refractivity contribution is 6.30. The predicted octanol–water partition coefficient (Wildman–Crippen LogP) is 4.12. The van der Waals surface area contributed by atoms with Crippen molar-refractivity contribution in [2.24, 2.45) is 4.99 Å². The first-order valence-electron chi connectivity index (χ1n) is 6.27. The Bertz CT molecular complexity index is 613. The van der Waals surface area contributed by atoms with Crippen LogP contribution in [0.15, 0.2) is 41.4 Å². The quantitative estimate of drug-likeness (QED) is 0.780. The molecule has 0 saturated heterocycles. The summed E-state index contributed by atoms with van der Waals surface area (Å²) in [5.74, 6) is 1.69. The van der Waals surface area contributed by atoms with Gasteiger partial charge in [-0.2, -0.15) is 0 Å². The van der Waals surface area contributed by atoms with E-state index in [1.165, 1.54) is 0 Å². The van der Waals surface area contributed by atoms with Gasteiger partial charge >= 0.3 is 0 Å². The van der Waals surface area contributed by atoms with E-state index >= 15 is 0 Å². The summed E-state index contributed by atoms with van der Waals surface area (Å²) < 4.78 is 15.9. The standard InChI is InChI=1S/C16H16ClNO3/c1-19-14-8-13(9-15(20-2)16(14)21-3)18-10-11-4-6-12(17)7-5-11/h4-10H,1-3H3. The molecular weight excluding hydrogens is 290 g/mol. The maximum absolute atomic E-state index is 5.85. The molecule has 110 valence electrons. The summed E-state index contributed by atoms with van der Waals surface area (Å²) in [6.45, 7) is 0. The third-order valence-electron chi connectivity index (χ3n) is 2.88. The van der Waals surface area contributed by atoms with E-state index in [0.717, 1.165) is 5.56 Å². The molecule has 5 heteroatoms. The Morgan fingerprint density at radius 1 is 0.905 bits per heavy atom. The van der Waals surface area contributed by atoms with Gasteiger partial charge in [0.25, 0.3) is 0 Å². The summed E-state index contributed by atoms with van der Waals surface area (Å²) in [5.41, 5.74) is 1.66. The SMILES string of the molecule is COc1cc(N=Cc2ccc(Cl)cc2)cc(OC)c1OC. The first-order chi connectivity index (χ1) is 10.2. The zero-order chi connectivity index (χ0) is 15.2. The molecule has 0 fully saturated rings. The molecule has 4 nitrogen and oxygen atoms in total. The van der Waals surface area contributed by atoms with Crippen LogP contribution in [0.5, 0.6) is 17.2 Å². The van der Waals surface area contributed by atoms with E-state index in [4.69, 9.17) is 25.8 Å². The lowest BCUT2D eigenvalue weighted by molar-refractivity contribution is 0.324. The third kappa shape index (κ3) is 3.67. The van der Waals surface area contributed by atoms with Crippen molar-refractivity contribution in [3.63, 3.8) is 0 Å². The van der Waals surface area contributed by atoms with Gasteiger partial charge < -0.3 is 14.2 Å². The number of aliphatic imine (C=N–C) groups is 1. The normalized spacial score (nSPS) is 10.7. The van der Waals surface area contributed by atoms with E-state index in [-0.39, 0.29) is 0 Å². The highest BCUT2D eigenvalue weighted by Crippen LogP contribution is 2.40. The Morgan fingerprint density at radius 2 is 1.48 bits per heavy atom. The van der Waals surface area contributed by atoms with Crippen molar-refractivity contribution in [2.75, 3.05) is 21.3 Å². The van der Waals surface area contributed by atoms with Crippen molar-refractivity contribution in [3.8, 4) is 17.2 Å². The Morgan fingerprint density at radius 3 is 1.95 bits per heavy atom. The average molecular weight is 306 g/mol. The van der Waals surface area contributed by atoms with Crippen molar-refractivity contribution in [3.05, 3.63) is 47.0 Å². The molecule has 0 atom stereocenters. The molecule has 0 aliphatic rings. The number of hydrogen-bond donors (Lipinski definition) is 0. The van der Waals surface area contributed by atoms with E-state index in [9.17, 15) is 0 Å². The zero-order valence-corrected chi connectivity index (χ0v) is 12.8. The van der Waals surface area contributed by atoms with Gasteiger partial charge in [0.15, 0.2) is 11.5 Å². The zero-order valence-electron chi connectivity index (χ0n) is 12.1. The first kappa shape index (κ1) is 15.2. The number of benzene rings is 2. The largest absolute Gasteiger partial charge is 0.493 e.